The fraction of sp³-hybridized carbons (Fsp3) is 0.500. The first-order chi connectivity index (χ1) is 14.8. The molecule has 0 radical (unpaired) electrons. The van der Waals surface area contributed by atoms with E-state index in [2.05, 4.69) is 36.9 Å². The largest absolute Gasteiger partial charge is 0.465 e. The number of fused-ring (bicyclic) bond motifs is 1. The van der Waals surface area contributed by atoms with Gasteiger partial charge < -0.3 is 4.74 Å². The Bertz CT molecular complexity index is 1090. The second kappa shape index (κ2) is 9.23. The number of benzene rings is 1. The van der Waals surface area contributed by atoms with Crippen molar-refractivity contribution in [3.8, 4) is 0 Å². The number of ether oxygens (including phenoxy) is 1. The predicted octanol–water partition coefficient (Wildman–Crippen LogP) is 3.45. The van der Waals surface area contributed by atoms with E-state index >= 15 is 0 Å². The van der Waals surface area contributed by atoms with E-state index in [1.807, 2.05) is 0 Å². The van der Waals surface area contributed by atoms with Gasteiger partial charge in [-0.05, 0) is 37.0 Å². The Morgan fingerprint density at radius 1 is 1.16 bits per heavy atom. The van der Waals surface area contributed by atoms with Crippen molar-refractivity contribution < 1.29 is 17.9 Å². The van der Waals surface area contributed by atoms with Gasteiger partial charge in [-0.2, -0.15) is 16.1 Å². The number of carbonyl (C=O) groups excluding carboxylic acids is 1. The number of nitrogens with zero attached hydrogens (tertiary/aromatic N) is 2. The zero-order chi connectivity index (χ0) is 22.2. The van der Waals surface area contributed by atoms with Crippen LogP contribution in [0.25, 0.3) is 0 Å². The van der Waals surface area contributed by atoms with Crippen molar-refractivity contribution in [3.05, 3.63) is 50.9 Å². The van der Waals surface area contributed by atoms with Crippen molar-refractivity contribution in [2.24, 2.45) is 0 Å². The average Bonchev–Trinajstić information content (AvgIpc) is 3.16. The molecule has 31 heavy (non-hydrogen) atoms. The Hall–Kier alpha value is -1.39. The summed E-state index contributed by atoms with van der Waals surface area (Å²) in [6.45, 7) is 7.40. The fourth-order valence-corrected chi connectivity index (χ4v) is 8.81. The topological polar surface area (TPSA) is 66.9 Å². The summed E-state index contributed by atoms with van der Waals surface area (Å²) in [6, 6.07) is 6.47. The Morgan fingerprint density at radius 3 is 2.61 bits per heavy atom. The van der Waals surface area contributed by atoms with Crippen LogP contribution in [0.4, 0.5) is 0 Å². The molecule has 1 saturated heterocycles. The van der Waals surface area contributed by atoms with Crippen molar-refractivity contribution in [1.82, 2.24) is 9.21 Å². The molecule has 0 aliphatic carbocycles. The third-order valence-corrected chi connectivity index (χ3v) is 10.5. The molecule has 0 spiro atoms. The Labute approximate surface area is 192 Å². The van der Waals surface area contributed by atoms with Gasteiger partial charge in [0.2, 0.25) is 0 Å². The summed E-state index contributed by atoms with van der Waals surface area (Å²) in [4.78, 5) is 15.9. The number of rotatable bonds is 5. The molecule has 0 unspecified atom stereocenters. The van der Waals surface area contributed by atoms with Gasteiger partial charge in [0.05, 0.1) is 12.7 Å². The summed E-state index contributed by atoms with van der Waals surface area (Å²) < 4.78 is 33.5. The highest BCUT2D eigenvalue weighted by molar-refractivity contribution is 7.99. The van der Waals surface area contributed by atoms with Crippen molar-refractivity contribution in [3.63, 3.8) is 0 Å². The van der Waals surface area contributed by atoms with E-state index < -0.39 is 16.0 Å². The molecule has 2 aliphatic rings. The number of hydrogen-bond acceptors (Lipinski definition) is 7. The zero-order valence-electron chi connectivity index (χ0n) is 18.1. The summed E-state index contributed by atoms with van der Waals surface area (Å²) in [5, 5.41) is 0. The van der Waals surface area contributed by atoms with Gasteiger partial charge in [0.25, 0.3) is 10.0 Å². The van der Waals surface area contributed by atoms with E-state index in [1.54, 1.807) is 11.8 Å². The second-order valence-electron chi connectivity index (χ2n) is 8.06. The van der Waals surface area contributed by atoms with Crippen LogP contribution in [-0.2, 0) is 34.3 Å². The SMILES string of the molecule is COC(=O)c1c(S(=O)(=O)N2CCSCC2)sc2c1CCN(Cc1cc(C)ccc1C)C2. The number of thioether (sulfide) groups is 1. The molecule has 0 bridgehead atoms. The predicted molar refractivity (Wildman–Crippen MR) is 125 cm³/mol. The standard InChI is InChI=1S/C22H28N2O4S3/c1-15-4-5-16(2)17(12-15)13-23-7-6-18-19(14-23)30-22(20(18)21(25)28-3)31(26,27)24-8-10-29-11-9-24/h4-5,12H,6-11,13-14H2,1-3H3. The number of carbonyl (C=O) groups is 1. The molecule has 0 N–H and O–H groups in total. The highest BCUT2D eigenvalue weighted by Crippen LogP contribution is 2.39. The molecular formula is C22H28N2O4S3. The molecular weight excluding hydrogens is 452 g/mol. The van der Waals surface area contributed by atoms with Crippen LogP contribution in [0.2, 0.25) is 0 Å². The quantitative estimate of drug-likeness (QED) is 0.611. The summed E-state index contributed by atoms with van der Waals surface area (Å²) in [5.74, 6) is 1.01. The van der Waals surface area contributed by atoms with Crippen molar-refractivity contribution in [2.75, 3.05) is 38.2 Å². The molecule has 3 heterocycles. The molecule has 0 amide bonds. The number of sulfonamides is 1. The third-order valence-electron chi connectivity index (χ3n) is 5.94. The van der Waals surface area contributed by atoms with Crippen LogP contribution in [0.5, 0.6) is 0 Å². The van der Waals surface area contributed by atoms with E-state index in [0.29, 0.717) is 26.1 Å². The molecule has 6 nitrogen and oxygen atoms in total. The number of thiophene rings is 1. The van der Waals surface area contributed by atoms with Gasteiger partial charge in [0.15, 0.2) is 0 Å². The smallest absolute Gasteiger partial charge is 0.340 e. The van der Waals surface area contributed by atoms with Crippen LogP contribution in [0, 0.1) is 13.8 Å². The number of hydrogen-bond donors (Lipinski definition) is 0. The lowest BCUT2D eigenvalue weighted by Crippen LogP contribution is -2.38. The second-order valence-corrected chi connectivity index (χ2v) is 12.5. The highest BCUT2D eigenvalue weighted by atomic mass is 32.2. The minimum absolute atomic E-state index is 0.157. The normalized spacial score (nSPS) is 18.0. The van der Waals surface area contributed by atoms with Gasteiger partial charge in [-0.15, -0.1) is 11.3 Å². The van der Waals surface area contributed by atoms with Crippen LogP contribution < -0.4 is 0 Å². The number of methoxy groups -OCH3 is 1. The minimum Gasteiger partial charge on any atom is -0.465 e. The zero-order valence-corrected chi connectivity index (χ0v) is 20.6. The molecule has 2 aliphatic heterocycles. The molecule has 9 heteroatoms. The highest BCUT2D eigenvalue weighted by Gasteiger charge is 2.37. The molecule has 0 saturated carbocycles. The van der Waals surface area contributed by atoms with Gasteiger partial charge >= 0.3 is 5.97 Å². The van der Waals surface area contributed by atoms with Crippen molar-refractivity contribution >= 4 is 39.1 Å². The van der Waals surface area contributed by atoms with Crippen LogP contribution in [0.3, 0.4) is 0 Å². The molecule has 1 fully saturated rings. The molecule has 168 valence electrons. The molecule has 0 atom stereocenters. The summed E-state index contributed by atoms with van der Waals surface area (Å²) in [7, 11) is -2.40. The maximum atomic E-state index is 13.4. The first-order valence-electron chi connectivity index (χ1n) is 10.4. The minimum atomic E-state index is -3.71. The lowest BCUT2D eigenvalue weighted by atomic mass is 10.0. The van der Waals surface area contributed by atoms with Gasteiger partial charge in [0.1, 0.15) is 4.21 Å². The van der Waals surface area contributed by atoms with E-state index in [9.17, 15) is 13.2 Å². The van der Waals surface area contributed by atoms with Crippen molar-refractivity contribution in [1.29, 1.82) is 0 Å². The average molecular weight is 481 g/mol. The Kier molecular flexibility index (Phi) is 6.79. The van der Waals surface area contributed by atoms with Gasteiger partial charge in [-0.25, -0.2) is 13.2 Å². The Balaban J connectivity index is 1.66. The van der Waals surface area contributed by atoms with Gasteiger partial charge in [-0.1, -0.05) is 23.8 Å². The molecule has 1 aromatic carbocycles. The maximum absolute atomic E-state index is 13.4. The first kappa shape index (κ1) is 22.8. The van der Waals surface area contributed by atoms with E-state index in [1.165, 1.54) is 39.4 Å². The maximum Gasteiger partial charge on any atom is 0.340 e. The summed E-state index contributed by atoms with van der Waals surface area (Å²) >= 11 is 3.00. The molecule has 1 aromatic heterocycles. The van der Waals surface area contributed by atoms with Crippen LogP contribution in [0.1, 0.15) is 37.5 Å². The van der Waals surface area contributed by atoms with Crippen LogP contribution in [0.15, 0.2) is 22.4 Å². The van der Waals surface area contributed by atoms with E-state index in [4.69, 9.17) is 4.74 Å². The fourth-order valence-electron chi connectivity index (χ4n) is 4.17. The van der Waals surface area contributed by atoms with Crippen molar-refractivity contribution in [2.45, 2.75) is 37.6 Å². The summed E-state index contributed by atoms with van der Waals surface area (Å²) in [6.07, 6.45) is 0.645. The molecule has 2 aromatic rings. The lowest BCUT2D eigenvalue weighted by Gasteiger charge is -2.27. The number of aryl methyl sites for hydroxylation is 2. The summed E-state index contributed by atoms with van der Waals surface area (Å²) in [5.41, 5.74) is 4.87. The van der Waals surface area contributed by atoms with E-state index in [0.717, 1.165) is 35.0 Å². The molecule has 4 rings (SSSR count). The monoisotopic (exact) mass is 480 g/mol. The van der Waals surface area contributed by atoms with Crippen LogP contribution in [-0.4, -0.2) is 61.8 Å². The first-order valence-corrected chi connectivity index (χ1v) is 13.8. The third kappa shape index (κ3) is 4.57. The number of esters is 1. The van der Waals surface area contributed by atoms with Gasteiger partial charge in [0, 0.05) is 49.1 Å². The Morgan fingerprint density at radius 2 is 1.90 bits per heavy atom. The van der Waals surface area contributed by atoms with Crippen LogP contribution >= 0.6 is 23.1 Å². The lowest BCUT2D eigenvalue weighted by molar-refractivity contribution is 0.0595. The van der Waals surface area contributed by atoms with E-state index in [-0.39, 0.29) is 9.77 Å². The van der Waals surface area contributed by atoms with Gasteiger partial charge in [-0.3, -0.25) is 4.90 Å².